The molecule has 2 aromatic carbocycles. The van der Waals surface area contributed by atoms with Crippen LogP contribution in [-0.2, 0) is 42.6 Å². The molecular formula is C45H73NO10. The van der Waals surface area contributed by atoms with Crippen molar-refractivity contribution in [2.24, 2.45) is 0 Å². The Bertz CT molecular complexity index is 1170. The number of hydrogen-bond acceptors (Lipinski definition) is 10. The Hall–Kier alpha value is -2.61. The predicted molar refractivity (Wildman–Crippen MR) is 221 cm³/mol. The molecule has 318 valence electrons. The fourth-order valence-electron chi connectivity index (χ4n) is 6.52. The summed E-state index contributed by atoms with van der Waals surface area (Å²) >= 11 is 0. The zero-order chi connectivity index (χ0) is 39.4. The highest BCUT2D eigenvalue weighted by Gasteiger charge is 2.28. The van der Waals surface area contributed by atoms with Crippen molar-refractivity contribution in [3.8, 4) is 11.1 Å². The molecule has 1 aliphatic carbocycles. The van der Waals surface area contributed by atoms with E-state index in [9.17, 15) is 4.79 Å². The Balaban J connectivity index is 0.936. The second kappa shape index (κ2) is 34.4. The normalized spacial score (nSPS) is 12.2. The Kier molecular flexibility index (Phi) is 29.4. The molecule has 0 spiro atoms. The molecule has 1 N–H and O–H groups in total. The minimum Gasteiger partial charge on any atom is -0.449 e. The van der Waals surface area contributed by atoms with Crippen molar-refractivity contribution in [3.05, 3.63) is 59.7 Å². The van der Waals surface area contributed by atoms with Gasteiger partial charge in [0.15, 0.2) is 0 Å². The Labute approximate surface area is 337 Å². The number of alkyl carbamates (subject to hydrolysis) is 1. The Morgan fingerprint density at radius 1 is 0.446 bits per heavy atom. The van der Waals surface area contributed by atoms with Crippen LogP contribution in [0.3, 0.4) is 0 Å². The number of benzene rings is 2. The molecule has 0 saturated heterocycles. The van der Waals surface area contributed by atoms with E-state index >= 15 is 0 Å². The van der Waals surface area contributed by atoms with Crippen molar-refractivity contribution < 1.29 is 47.4 Å². The maximum atomic E-state index is 12.3. The summed E-state index contributed by atoms with van der Waals surface area (Å²) in [6, 6.07) is 16.6. The first kappa shape index (κ1) is 47.8. The van der Waals surface area contributed by atoms with Crippen molar-refractivity contribution in [1.82, 2.24) is 5.32 Å². The maximum Gasteiger partial charge on any atom is 0.407 e. The van der Waals surface area contributed by atoms with Crippen LogP contribution >= 0.6 is 0 Å². The lowest BCUT2D eigenvalue weighted by Gasteiger charge is -2.14. The summed E-state index contributed by atoms with van der Waals surface area (Å²) in [5, 5.41) is 2.81. The number of unbranched alkanes of at least 4 members (excludes halogenated alkanes) is 10. The number of amides is 1. The van der Waals surface area contributed by atoms with Gasteiger partial charge in [-0.05, 0) is 35.1 Å². The Morgan fingerprint density at radius 2 is 0.786 bits per heavy atom. The molecule has 2 aromatic rings. The van der Waals surface area contributed by atoms with Crippen LogP contribution in [0.2, 0.25) is 0 Å². The molecule has 0 fully saturated rings. The van der Waals surface area contributed by atoms with Crippen LogP contribution < -0.4 is 5.32 Å². The number of ether oxygens (including phenoxy) is 9. The molecule has 1 amide bonds. The smallest absolute Gasteiger partial charge is 0.407 e. The Morgan fingerprint density at radius 3 is 1.20 bits per heavy atom. The van der Waals surface area contributed by atoms with E-state index in [4.69, 9.17) is 42.6 Å². The molecule has 0 saturated carbocycles. The van der Waals surface area contributed by atoms with Crippen molar-refractivity contribution >= 4 is 6.09 Å². The number of nitrogens with one attached hydrogen (secondary N) is 1. The number of rotatable bonds is 39. The fraction of sp³-hybridized carbons (Fsp3) is 0.711. The second-order valence-electron chi connectivity index (χ2n) is 14.0. The van der Waals surface area contributed by atoms with Crippen LogP contribution in [0.25, 0.3) is 11.1 Å². The minimum absolute atomic E-state index is 0.0546. The molecule has 0 aliphatic heterocycles. The van der Waals surface area contributed by atoms with Crippen LogP contribution in [0.4, 0.5) is 4.79 Å². The first-order valence-corrected chi connectivity index (χ1v) is 21.5. The molecule has 1 aliphatic rings. The van der Waals surface area contributed by atoms with Crippen molar-refractivity contribution in [3.63, 3.8) is 0 Å². The van der Waals surface area contributed by atoms with Gasteiger partial charge in [-0.3, -0.25) is 0 Å². The highest BCUT2D eigenvalue weighted by molar-refractivity contribution is 5.79. The lowest BCUT2D eigenvalue weighted by molar-refractivity contribution is -0.0232. The van der Waals surface area contributed by atoms with Crippen molar-refractivity contribution in [2.75, 3.05) is 119 Å². The minimum atomic E-state index is -0.409. The molecule has 56 heavy (non-hydrogen) atoms. The zero-order valence-electron chi connectivity index (χ0n) is 34.5. The van der Waals surface area contributed by atoms with E-state index in [-0.39, 0.29) is 5.92 Å². The number of hydrogen-bond donors (Lipinski definition) is 1. The van der Waals surface area contributed by atoms with E-state index in [0.29, 0.717) is 119 Å². The highest BCUT2D eigenvalue weighted by atomic mass is 16.6. The molecule has 11 heteroatoms. The third-order valence-corrected chi connectivity index (χ3v) is 9.57. The monoisotopic (exact) mass is 788 g/mol. The predicted octanol–water partition coefficient (Wildman–Crippen LogP) is 8.36. The van der Waals surface area contributed by atoms with Gasteiger partial charge >= 0.3 is 6.09 Å². The molecule has 3 rings (SSSR count). The van der Waals surface area contributed by atoms with Crippen molar-refractivity contribution in [1.29, 1.82) is 0 Å². The highest BCUT2D eigenvalue weighted by Crippen LogP contribution is 2.44. The molecule has 0 aromatic heterocycles. The average Bonchev–Trinajstić information content (AvgIpc) is 3.54. The topological polar surface area (TPSA) is 112 Å². The second-order valence-corrected chi connectivity index (χ2v) is 14.0. The molecule has 0 unspecified atom stereocenters. The molecule has 0 heterocycles. The lowest BCUT2D eigenvalue weighted by Crippen LogP contribution is -2.27. The summed E-state index contributed by atoms with van der Waals surface area (Å²) in [7, 11) is 0. The van der Waals surface area contributed by atoms with Crippen LogP contribution in [0.15, 0.2) is 48.5 Å². The van der Waals surface area contributed by atoms with Gasteiger partial charge in [-0.25, -0.2) is 4.79 Å². The third-order valence-electron chi connectivity index (χ3n) is 9.57. The van der Waals surface area contributed by atoms with Crippen LogP contribution in [-0.4, -0.2) is 125 Å². The van der Waals surface area contributed by atoms with E-state index in [0.717, 1.165) is 13.0 Å². The van der Waals surface area contributed by atoms with E-state index in [1.165, 1.54) is 86.5 Å². The van der Waals surface area contributed by atoms with Crippen LogP contribution in [0.5, 0.6) is 0 Å². The fourth-order valence-corrected chi connectivity index (χ4v) is 6.52. The van der Waals surface area contributed by atoms with Gasteiger partial charge in [-0.15, -0.1) is 0 Å². The van der Waals surface area contributed by atoms with Gasteiger partial charge in [0.25, 0.3) is 0 Å². The molecular weight excluding hydrogens is 714 g/mol. The summed E-state index contributed by atoms with van der Waals surface area (Å²) in [5.41, 5.74) is 4.83. The molecule has 0 radical (unpaired) electrons. The lowest BCUT2D eigenvalue weighted by atomic mass is 9.98. The first-order valence-electron chi connectivity index (χ1n) is 21.5. The number of carbonyl (C=O) groups is 1. The molecule has 0 bridgehead atoms. The summed E-state index contributed by atoms with van der Waals surface area (Å²) in [6.45, 7) is 11.9. The van der Waals surface area contributed by atoms with Gasteiger partial charge in [0.05, 0.1) is 92.5 Å². The largest absolute Gasteiger partial charge is 0.449 e. The van der Waals surface area contributed by atoms with Gasteiger partial charge in [0, 0.05) is 25.7 Å². The van der Waals surface area contributed by atoms with E-state index < -0.39 is 6.09 Å². The van der Waals surface area contributed by atoms with Gasteiger partial charge in [0.1, 0.15) is 6.61 Å². The first-order chi connectivity index (χ1) is 27.8. The summed E-state index contributed by atoms with van der Waals surface area (Å²) in [4.78, 5) is 12.3. The molecule has 11 nitrogen and oxygen atoms in total. The van der Waals surface area contributed by atoms with E-state index in [1.54, 1.807) is 0 Å². The maximum absolute atomic E-state index is 12.3. The number of fused-ring (bicyclic) bond motifs is 3. The van der Waals surface area contributed by atoms with Gasteiger partial charge in [-0.2, -0.15) is 0 Å². The summed E-state index contributed by atoms with van der Waals surface area (Å²) in [5.74, 6) is 0.0546. The summed E-state index contributed by atoms with van der Waals surface area (Å²) < 4.78 is 50.1. The van der Waals surface area contributed by atoms with Crippen LogP contribution in [0.1, 0.15) is 101 Å². The third kappa shape index (κ3) is 23.0. The zero-order valence-corrected chi connectivity index (χ0v) is 34.5. The summed E-state index contributed by atoms with van der Waals surface area (Å²) in [6.07, 6.45) is 15.1. The molecule has 0 atom stereocenters. The SMILES string of the molecule is CCCCCCCCCCCCCOCCOCCOCCOCCOCCOCCOCCOCCCNC(=O)OCC1c2ccccc2-c2ccccc21. The standard InChI is InChI=1S/C45H73NO10/c1-2-3-4-5-6-7-8-9-10-11-16-23-48-25-27-50-29-31-52-33-35-54-37-38-55-36-34-53-32-30-51-28-26-49-24-17-22-46-45(47)56-39-44-42-20-14-12-18-40(42)41-19-13-15-21-43(41)44/h12-15,18-21,44H,2-11,16-17,22-39H2,1H3,(H,46,47). The quantitative estimate of drug-likeness (QED) is 0.0664. The van der Waals surface area contributed by atoms with Gasteiger partial charge < -0.3 is 47.9 Å². The van der Waals surface area contributed by atoms with Crippen molar-refractivity contribution in [2.45, 2.75) is 89.9 Å². The number of carbonyl (C=O) groups excluding carboxylic acids is 1. The average molecular weight is 788 g/mol. The van der Waals surface area contributed by atoms with Crippen LogP contribution in [0, 0.1) is 0 Å². The van der Waals surface area contributed by atoms with Gasteiger partial charge in [-0.1, -0.05) is 120 Å². The van der Waals surface area contributed by atoms with E-state index in [1.807, 2.05) is 24.3 Å². The van der Waals surface area contributed by atoms with E-state index in [2.05, 4.69) is 36.5 Å². The van der Waals surface area contributed by atoms with Gasteiger partial charge in [0.2, 0.25) is 0 Å².